The standard InChI is InChI=1S/C33H40F2N6O4.C29H37ClF2N4O3.C4H4N2O/c1-21-16-39(25(17-38-11-7-10-36-30(38)43)18-40(21)31(44)45-32(2,3)4)19-29(42)41-20-33(5,6)26-15-37-24(14-28(26)41)12-22-8-9-23(34)13-27(22)35;1-18-14-34(22(12-30)15-35(18)27(38)39-28(2,3)4)16-26(37)36-17-29(5,6)23-13-33-21(11-25(23)36)9-19-7-8-20(31)10-24(19)32;7-4-5-2-1-3-6-4/h7-11,13-15,21,25H,12,16-20H2,1-6H3;7-8,10-11,13,18,22H,9,12,14-17H2,1-6H3;1-3H,(H,5,6,7)/t21-,25+;18-,22+;/m11./s1. The van der Waals surface area contributed by atoms with Crippen LogP contribution >= 0.6 is 11.6 Å². The molecule has 1 N–H and O–H groups in total. The fourth-order valence-corrected chi connectivity index (χ4v) is 11.9. The van der Waals surface area contributed by atoms with Crippen LogP contribution in [-0.4, -0.2) is 167 Å². The van der Waals surface area contributed by atoms with Crippen LogP contribution in [-0.2, 0) is 49.3 Å². The number of carbonyl (C=O) groups excluding carboxylic acids is 4. The van der Waals surface area contributed by atoms with Gasteiger partial charge in [-0.1, -0.05) is 39.8 Å². The van der Waals surface area contributed by atoms with Crippen molar-refractivity contribution in [2.24, 2.45) is 0 Å². The van der Waals surface area contributed by atoms with E-state index in [9.17, 15) is 46.3 Å². The SMILES string of the molecule is C[C@@H]1CN(CC(=O)N2CC(C)(C)c3cnc(Cc4ccc(F)cc4F)cc32)[C@@H](CCl)CN1C(=O)OC(C)(C)C.C[C@@H]1CN(CC(=O)N2CC(C)(C)c3cnc(Cc4ccc(F)cc4F)cc32)[C@@H](Cn2cccnc2=O)CN1C(=O)OC(C)(C)C.O=c1nccc[nH]1. The Kier molecular flexibility index (Phi) is 21.3. The van der Waals surface area contributed by atoms with Crippen molar-refractivity contribution in [1.29, 1.82) is 0 Å². The average molecular weight is 1280 g/mol. The predicted molar refractivity (Wildman–Crippen MR) is 337 cm³/mol. The number of pyridine rings is 2. The van der Waals surface area contributed by atoms with E-state index in [0.29, 0.717) is 60.9 Å². The van der Waals surface area contributed by atoms with Gasteiger partial charge in [-0.15, -0.1) is 11.6 Å². The van der Waals surface area contributed by atoms with Crippen molar-refractivity contribution in [3.8, 4) is 0 Å². The Labute approximate surface area is 532 Å². The molecule has 10 rings (SSSR count). The van der Waals surface area contributed by atoms with Crippen molar-refractivity contribution in [3.05, 3.63) is 176 Å². The summed E-state index contributed by atoms with van der Waals surface area (Å²) in [5.41, 5.74) is 2.41. The Morgan fingerprint density at radius 3 is 1.47 bits per heavy atom. The van der Waals surface area contributed by atoms with Gasteiger partial charge in [-0.05, 0) is 103 Å². The molecule has 20 nitrogen and oxygen atoms in total. The summed E-state index contributed by atoms with van der Waals surface area (Å²) in [4.78, 5) is 106. The minimum atomic E-state index is -0.675. The highest BCUT2D eigenvalue weighted by Gasteiger charge is 2.44. The van der Waals surface area contributed by atoms with Crippen molar-refractivity contribution in [2.45, 2.75) is 149 Å². The normalized spacial score (nSPS) is 19.5. The minimum Gasteiger partial charge on any atom is -0.444 e. The first-order valence-electron chi connectivity index (χ1n) is 30.2. The summed E-state index contributed by atoms with van der Waals surface area (Å²) in [6, 6.07) is 12.9. The second-order valence-corrected chi connectivity index (χ2v) is 27.2. The lowest BCUT2D eigenvalue weighted by Gasteiger charge is -2.45. The highest BCUT2D eigenvalue weighted by molar-refractivity contribution is 6.18. The Hall–Kier alpha value is -8.09. The molecule has 2 fully saturated rings. The third kappa shape index (κ3) is 17.5. The summed E-state index contributed by atoms with van der Waals surface area (Å²) >= 11 is 6.31. The highest BCUT2D eigenvalue weighted by atomic mass is 35.5. The third-order valence-corrected chi connectivity index (χ3v) is 16.5. The number of aromatic amines is 1. The Balaban J connectivity index is 0.000000213. The number of hydrogen-bond acceptors (Lipinski definition) is 14. The number of hydrogen-bond donors (Lipinski definition) is 1. The highest BCUT2D eigenvalue weighted by Crippen LogP contribution is 2.42. The molecular formula is C66H81ClF4N12O8. The second kappa shape index (κ2) is 28.2. The van der Waals surface area contributed by atoms with Gasteiger partial charge >= 0.3 is 23.6 Å². The number of nitrogens with zero attached hydrogens (tertiary/aromatic N) is 11. The molecule has 488 valence electrons. The molecule has 0 saturated carbocycles. The molecule has 4 aliphatic heterocycles. The molecule has 0 radical (unpaired) electrons. The van der Waals surface area contributed by atoms with Crippen LogP contribution in [0.25, 0.3) is 0 Å². The number of benzene rings is 2. The zero-order valence-electron chi connectivity index (χ0n) is 53.6. The number of halogens is 5. The fraction of sp³-hybridized carbons (Fsp3) is 0.485. The lowest BCUT2D eigenvalue weighted by atomic mass is 9.88. The molecular weight excluding hydrogens is 1200 g/mol. The molecule has 0 spiro atoms. The molecule has 25 heteroatoms. The smallest absolute Gasteiger partial charge is 0.410 e. The van der Waals surface area contributed by atoms with E-state index in [2.05, 4.69) is 38.8 Å². The largest absolute Gasteiger partial charge is 0.444 e. The molecule has 2 aromatic carbocycles. The number of nitrogens with one attached hydrogen (secondary N) is 1. The van der Waals surface area contributed by atoms with Crippen LogP contribution in [0.1, 0.15) is 117 Å². The summed E-state index contributed by atoms with van der Waals surface area (Å²) in [6.45, 7) is 25.8. The summed E-state index contributed by atoms with van der Waals surface area (Å²) in [6.07, 6.45) is 9.03. The van der Waals surface area contributed by atoms with Crippen LogP contribution in [0.15, 0.2) is 107 Å². The fourth-order valence-electron chi connectivity index (χ4n) is 11.6. The van der Waals surface area contributed by atoms with Crippen LogP contribution in [0, 0.1) is 23.3 Å². The number of alkyl halides is 1. The summed E-state index contributed by atoms with van der Waals surface area (Å²) in [7, 11) is 0. The van der Waals surface area contributed by atoms with Crippen LogP contribution < -0.4 is 21.2 Å². The lowest BCUT2D eigenvalue weighted by molar-refractivity contribution is -0.122. The number of ether oxygens (including phenoxy) is 2. The number of carbonyl (C=O) groups is 4. The van der Waals surface area contributed by atoms with Gasteiger partial charge in [0, 0.05) is 171 Å². The molecule has 6 aromatic rings. The Morgan fingerprint density at radius 2 is 1.08 bits per heavy atom. The van der Waals surface area contributed by atoms with Crippen LogP contribution in [0.2, 0.25) is 0 Å². The zero-order valence-corrected chi connectivity index (χ0v) is 54.4. The third-order valence-electron chi connectivity index (χ3n) is 16.2. The van der Waals surface area contributed by atoms with Crippen LogP contribution in [0.4, 0.5) is 38.5 Å². The molecule has 2 saturated heterocycles. The number of anilines is 2. The van der Waals surface area contributed by atoms with Crippen LogP contribution in [0.5, 0.6) is 0 Å². The van der Waals surface area contributed by atoms with Crippen LogP contribution in [0.3, 0.4) is 0 Å². The van der Waals surface area contributed by atoms with Gasteiger partial charge in [-0.3, -0.25) is 33.9 Å². The van der Waals surface area contributed by atoms with E-state index in [-0.39, 0.29) is 103 Å². The van der Waals surface area contributed by atoms with Gasteiger partial charge in [-0.25, -0.2) is 46.7 Å². The zero-order chi connectivity index (χ0) is 66.5. The number of aromatic nitrogens is 6. The Morgan fingerprint density at radius 1 is 0.626 bits per heavy atom. The van der Waals surface area contributed by atoms with Gasteiger partial charge in [0.1, 0.15) is 34.5 Å². The molecule has 0 unspecified atom stereocenters. The first-order chi connectivity index (χ1) is 42.7. The topological polar surface area (TPSA) is 213 Å². The number of H-pyrrole nitrogens is 1. The minimum absolute atomic E-state index is 0.0476. The van der Waals surface area contributed by atoms with E-state index < -0.39 is 46.3 Å². The maximum Gasteiger partial charge on any atom is 0.410 e. The van der Waals surface area contributed by atoms with Crippen molar-refractivity contribution in [2.75, 3.05) is 68.0 Å². The van der Waals surface area contributed by atoms with E-state index in [0.717, 1.165) is 28.9 Å². The second-order valence-electron chi connectivity index (χ2n) is 26.9. The number of fused-ring (bicyclic) bond motifs is 2. The predicted octanol–water partition coefficient (Wildman–Crippen LogP) is 9.03. The van der Waals surface area contributed by atoms with Gasteiger partial charge in [0.15, 0.2) is 0 Å². The molecule has 0 aliphatic carbocycles. The number of piperazine rings is 2. The molecule has 0 bridgehead atoms. The molecule has 91 heavy (non-hydrogen) atoms. The van der Waals surface area contributed by atoms with Crippen molar-refractivity contribution < 1.29 is 46.2 Å². The van der Waals surface area contributed by atoms with Gasteiger partial charge in [0.25, 0.3) is 0 Å². The summed E-state index contributed by atoms with van der Waals surface area (Å²) in [5, 5.41) is 0. The maximum atomic E-state index is 14.4. The maximum absolute atomic E-state index is 14.4. The molecule has 4 amide bonds. The van der Waals surface area contributed by atoms with E-state index >= 15 is 0 Å². The molecule has 8 heterocycles. The van der Waals surface area contributed by atoms with Gasteiger partial charge in [-0.2, -0.15) is 0 Å². The monoisotopic (exact) mass is 1280 g/mol. The first-order valence-corrected chi connectivity index (χ1v) is 30.7. The average Bonchev–Trinajstić information content (AvgIpc) is 1.65. The van der Waals surface area contributed by atoms with Crippen molar-refractivity contribution in [3.63, 3.8) is 0 Å². The van der Waals surface area contributed by atoms with Gasteiger partial charge < -0.3 is 34.1 Å². The van der Waals surface area contributed by atoms with Gasteiger partial charge in [0.05, 0.1) is 24.5 Å². The number of rotatable bonds is 11. The molecule has 4 atom stereocenters. The van der Waals surface area contributed by atoms with Crippen molar-refractivity contribution in [1.82, 2.24) is 49.1 Å². The first kappa shape index (κ1) is 68.8. The summed E-state index contributed by atoms with van der Waals surface area (Å²) < 4.78 is 68.2. The lowest BCUT2D eigenvalue weighted by Crippen LogP contribution is -2.62. The van der Waals surface area contributed by atoms with E-state index in [1.165, 1.54) is 47.4 Å². The quantitative estimate of drug-likeness (QED) is 0.0947. The summed E-state index contributed by atoms with van der Waals surface area (Å²) in [5.74, 6) is -2.52. The van der Waals surface area contributed by atoms with E-state index in [1.807, 2.05) is 85.1 Å². The molecule has 4 aliphatic rings. The van der Waals surface area contributed by atoms with E-state index in [4.69, 9.17) is 21.1 Å². The molecule has 4 aromatic heterocycles. The van der Waals surface area contributed by atoms with Crippen molar-refractivity contribution >= 4 is 47.0 Å². The Bertz CT molecular complexity index is 3730. The van der Waals surface area contributed by atoms with E-state index in [1.54, 1.807) is 56.4 Å². The van der Waals surface area contributed by atoms with Gasteiger partial charge in [0.2, 0.25) is 11.8 Å². The number of amides is 4.